The molecule has 0 aliphatic rings. The molecule has 0 saturated carbocycles. The van der Waals surface area contributed by atoms with Crippen LogP contribution in [0.1, 0.15) is 26.3 Å². The zero-order chi connectivity index (χ0) is 23.8. The summed E-state index contributed by atoms with van der Waals surface area (Å²) in [6, 6.07) is 22.1. The number of carboxylic acid groups (broad SMARTS) is 1. The van der Waals surface area contributed by atoms with Gasteiger partial charge in [-0.1, -0.05) is 54.1 Å². The monoisotopic (exact) mass is 447 g/mol. The van der Waals surface area contributed by atoms with E-state index >= 15 is 0 Å². The first kappa shape index (κ1) is 23.2. The number of hydrogen-bond acceptors (Lipinski definition) is 6. The number of hydrogen-bond donors (Lipinski definition) is 2. The van der Waals surface area contributed by atoms with Crippen LogP contribution in [0.2, 0.25) is 0 Å². The zero-order valence-corrected chi connectivity index (χ0v) is 17.6. The van der Waals surface area contributed by atoms with E-state index in [-0.39, 0.29) is 11.1 Å². The molecule has 33 heavy (non-hydrogen) atoms. The number of rotatable bonds is 8. The Bertz CT molecular complexity index is 1130. The molecule has 8 heteroatoms. The molecule has 3 rings (SSSR count). The van der Waals surface area contributed by atoms with Crippen molar-refractivity contribution < 1.29 is 33.8 Å². The van der Waals surface area contributed by atoms with E-state index in [1.807, 2.05) is 6.92 Å². The summed E-state index contributed by atoms with van der Waals surface area (Å²) in [7, 11) is 0. The fraction of sp³-hybridized carbons (Fsp3) is 0.120. The third-order valence-corrected chi connectivity index (χ3v) is 4.58. The average Bonchev–Trinajstić information content (AvgIpc) is 2.83. The molecule has 0 spiro atoms. The Hall–Kier alpha value is -4.46. The standard InChI is InChI=1S/C25H21NO7/c1-16-12-14-19(15-13-16)26-22(27)20(32-24(30)17-8-4-2-5-9-17)21(23(28)29)33-25(31)18-10-6-3-7-11-18/h2-15,20-21H,1H3,(H,26,27)(H,28,29)/t20-,21+/m1/s1. The van der Waals surface area contributed by atoms with Gasteiger partial charge >= 0.3 is 17.9 Å². The Morgan fingerprint density at radius 2 is 1.15 bits per heavy atom. The molecule has 168 valence electrons. The minimum Gasteiger partial charge on any atom is -0.478 e. The number of amides is 1. The number of esters is 2. The molecule has 0 saturated heterocycles. The van der Waals surface area contributed by atoms with Crippen LogP contribution in [0.15, 0.2) is 84.9 Å². The van der Waals surface area contributed by atoms with Crippen molar-refractivity contribution in [3.63, 3.8) is 0 Å². The van der Waals surface area contributed by atoms with Crippen LogP contribution in [0.4, 0.5) is 5.69 Å². The van der Waals surface area contributed by atoms with E-state index in [2.05, 4.69) is 5.32 Å². The van der Waals surface area contributed by atoms with Crippen LogP contribution < -0.4 is 5.32 Å². The van der Waals surface area contributed by atoms with E-state index in [0.29, 0.717) is 5.69 Å². The molecule has 8 nitrogen and oxygen atoms in total. The largest absolute Gasteiger partial charge is 0.478 e. The summed E-state index contributed by atoms with van der Waals surface area (Å²) >= 11 is 0. The quantitative estimate of drug-likeness (QED) is 0.508. The van der Waals surface area contributed by atoms with Crippen molar-refractivity contribution in [1.29, 1.82) is 0 Å². The van der Waals surface area contributed by atoms with Crippen molar-refractivity contribution in [2.24, 2.45) is 0 Å². The van der Waals surface area contributed by atoms with Gasteiger partial charge in [-0.15, -0.1) is 0 Å². The highest BCUT2D eigenvalue weighted by molar-refractivity contribution is 6.01. The molecule has 0 heterocycles. The predicted molar refractivity (Wildman–Crippen MR) is 119 cm³/mol. The van der Waals surface area contributed by atoms with Crippen LogP contribution in [0.3, 0.4) is 0 Å². The van der Waals surface area contributed by atoms with Crippen molar-refractivity contribution in [3.8, 4) is 0 Å². The van der Waals surface area contributed by atoms with Gasteiger partial charge < -0.3 is 19.9 Å². The number of anilines is 1. The number of aliphatic carboxylic acids is 1. The lowest BCUT2D eigenvalue weighted by Crippen LogP contribution is -2.48. The third-order valence-electron chi connectivity index (χ3n) is 4.58. The summed E-state index contributed by atoms with van der Waals surface area (Å²) < 4.78 is 10.3. The first-order chi connectivity index (χ1) is 15.8. The van der Waals surface area contributed by atoms with Gasteiger partial charge in [0, 0.05) is 5.69 Å². The second-order valence-corrected chi connectivity index (χ2v) is 7.08. The molecule has 0 aliphatic carbocycles. The van der Waals surface area contributed by atoms with Crippen molar-refractivity contribution in [1.82, 2.24) is 0 Å². The van der Waals surface area contributed by atoms with E-state index in [0.717, 1.165) is 5.56 Å². The van der Waals surface area contributed by atoms with E-state index < -0.39 is 36.0 Å². The van der Waals surface area contributed by atoms with E-state index in [4.69, 9.17) is 9.47 Å². The summed E-state index contributed by atoms with van der Waals surface area (Å²) in [4.78, 5) is 50.0. The summed E-state index contributed by atoms with van der Waals surface area (Å²) in [5.74, 6) is -4.53. The Kier molecular flexibility index (Phi) is 7.54. The maximum absolute atomic E-state index is 13.0. The Morgan fingerprint density at radius 3 is 1.61 bits per heavy atom. The molecule has 0 bridgehead atoms. The number of ether oxygens (including phenoxy) is 2. The molecular formula is C25H21NO7. The molecule has 0 unspecified atom stereocenters. The molecule has 0 radical (unpaired) electrons. The molecule has 0 fully saturated rings. The number of carbonyl (C=O) groups excluding carboxylic acids is 3. The molecule has 2 N–H and O–H groups in total. The minimum absolute atomic E-state index is 0.0795. The Balaban J connectivity index is 1.89. The fourth-order valence-electron chi connectivity index (χ4n) is 2.86. The van der Waals surface area contributed by atoms with Crippen molar-refractivity contribution in [3.05, 3.63) is 102 Å². The average molecular weight is 447 g/mol. The molecule has 3 aromatic carbocycles. The number of benzene rings is 3. The highest BCUT2D eigenvalue weighted by atomic mass is 16.6. The SMILES string of the molecule is Cc1ccc(NC(=O)[C@H](OC(=O)c2ccccc2)[C@H](OC(=O)c2ccccc2)C(=O)O)cc1. The van der Waals surface area contributed by atoms with Gasteiger partial charge in [-0.3, -0.25) is 4.79 Å². The number of aryl methyl sites for hydroxylation is 1. The molecule has 0 aliphatic heterocycles. The second-order valence-electron chi connectivity index (χ2n) is 7.08. The van der Waals surface area contributed by atoms with Gasteiger partial charge in [-0.25, -0.2) is 14.4 Å². The molecule has 1 amide bonds. The molecule has 0 aromatic heterocycles. The minimum atomic E-state index is -2.09. The first-order valence-electron chi connectivity index (χ1n) is 9.97. The molecule has 2 atom stereocenters. The van der Waals surface area contributed by atoms with Gasteiger partial charge in [0.15, 0.2) is 0 Å². The normalized spacial score (nSPS) is 12.2. The lowest BCUT2D eigenvalue weighted by Gasteiger charge is -2.23. The van der Waals surface area contributed by atoms with Crippen molar-refractivity contribution in [2.75, 3.05) is 5.32 Å². The highest BCUT2D eigenvalue weighted by Crippen LogP contribution is 2.16. The molecular weight excluding hydrogens is 426 g/mol. The lowest BCUT2D eigenvalue weighted by molar-refractivity contribution is -0.157. The predicted octanol–water partition coefficient (Wildman–Crippen LogP) is 3.47. The van der Waals surface area contributed by atoms with Crippen LogP contribution in [0, 0.1) is 6.92 Å². The summed E-state index contributed by atoms with van der Waals surface area (Å²) in [5, 5.41) is 12.2. The van der Waals surface area contributed by atoms with Gasteiger partial charge in [0.2, 0.25) is 12.2 Å². The van der Waals surface area contributed by atoms with Crippen molar-refractivity contribution >= 4 is 29.5 Å². The van der Waals surface area contributed by atoms with Crippen LogP contribution in [-0.2, 0) is 19.1 Å². The van der Waals surface area contributed by atoms with Gasteiger partial charge in [0.25, 0.3) is 5.91 Å². The van der Waals surface area contributed by atoms with Gasteiger partial charge in [0.1, 0.15) is 0 Å². The van der Waals surface area contributed by atoms with Crippen molar-refractivity contribution in [2.45, 2.75) is 19.1 Å². The van der Waals surface area contributed by atoms with E-state index in [9.17, 15) is 24.3 Å². The van der Waals surface area contributed by atoms with Gasteiger partial charge in [-0.2, -0.15) is 0 Å². The van der Waals surface area contributed by atoms with E-state index in [1.165, 1.54) is 24.3 Å². The van der Waals surface area contributed by atoms with Crippen LogP contribution in [-0.4, -0.2) is 41.1 Å². The maximum atomic E-state index is 13.0. The van der Waals surface area contributed by atoms with E-state index in [1.54, 1.807) is 60.7 Å². The summed E-state index contributed by atoms with van der Waals surface area (Å²) in [5.41, 5.74) is 1.48. The second kappa shape index (κ2) is 10.7. The fourth-order valence-corrected chi connectivity index (χ4v) is 2.86. The smallest absolute Gasteiger partial charge is 0.349 e. The van der Waals surface area contributed by atoms with Gasteiger partial charge in [0.05, 0.1) is 11.1 Å². The number of carbonyl (C=O) groups is 4. The lowest BCUT2D eigenvalue weighted by atomic mass is 10.1. The highest BCUT2D eigenvalue weighted by Gasteiger charge is 2.41. The first-order valence-corrected chi connectivity index (χ1v) is 9.97. The number of carboxylic acids is 1. The molecule has 3 aromatic rings. The third kappa shape index (κ3) is 6.27. The van der Waals surface area contributed by atoms with Crippen LogP contribution in [0.25, 0.3) is 0 Å². The Labute approximate surface area is 189 Å². The van der Waals surface area contributed by atoms with Crippen LogP contribution in [0.5, 0.6) is 0 Å². The van der Waals surface area contributed by atoms with Crippen LogP contribution >= 0.6 is 0 Å². The topological polar surface area (TPSA) is 119 Å². The number of nitrogens with one attached hydrogen (secondary N) is 1. The maximum Gasteiger partial charge on any atom is 0.349 e. The summed E-state index contributed by atoms with van der Waals surface area (Å²) in [6.07, 6.45) is -4.04. The zero-order valence-electron chi connectivity index (χ0n) is 17.6. The van der Waals surface area contributed by atoms with Gasteiger partial charge in [-0.05, 0) is 43.3 Å². The Morgan fingerprint density at radius 1 is 0.697 bits per heavy atom. The summed E-state index contributed by atoms with van der Waals surface area (Å²) in [6.45, 7) is 1.86.